The van der Waals surface area contributed by atoms with Crippen molar-refractivity contribution in [2.75, 3.05) is 0 Å². The van der Waals surface area contributed by atoms with Gasteiger partial charge in [0, 0.05) is 24.2 Å². The number of para-hydroxylation sites is 1. The fraction of sp³-hybridized carbons (Fsp3) is 0.407. The lowest BCUT2D eigenvalue weighted by molar-refractivity contribution is -0.155. The Bertz CT molecular complexity index is 1100. The highest BCUT2D eigenvalue weighted by atomic mass is 16.6. The summed E-state index contributed by atoms with van der Waals surface area (Å²) in [6.45, 7) is 11.6. The molecule has 0 unspecified atom stereocenters. The van der Waals surface area contributed by atoms with Crippen molar-refractivity contribution in [3.8, 4) is 0 Å². The van der Waals surface area contributed by atoms with E-state index >= 15 is 0 Å². The minimum atomic E-state index is -0.621. The van der Waals surface area contributed by atoms with E-state index in [1.54, 1.807) is 6.20 Å². The molecule has 3 aromatic rings. The molecular weight excluding hydrogens is 416 g/mol. The maximum Gasteiger partial charge on any atom is 0.419 e. The lowest BCUT2D eigenvalue weighted by Crippen LogP contribution is -2.29. The second-order valence-electron chi connectivity index (χ2n) is 10.2. The number of esters is 1. The van der Waals surface area contributed by atoms with E-state index in [1.807, 2.05) is 96.1 Å². The molecular formula is C27H34N2O4. The van der Waals surface area contributed by atoms with Gasteiger partial charge in [0.25, 0.3) is 0 Å². The van der Waals surface area contributed by atoms with Crippen LogP contribution in [0, 0.1) is 0 Å². The highest BCUT2D eigenvalue weighted by Gasteiger charge is 2.26. The van der Waals surface area contributed by atoms with Crippen LogP contribution in [0.1, 0.15) is 65.1 Å². The number of fused-ring (bicyclic) bond motifs is 1. The van der Waals surface area contributed by atoms with Crippen LogP contribution in [-0.2, 0) is 20.8 Å². The van der Waals surface area contributed by atoms with Crippen molar-refractivity contribution in [1.29, 1.82) is 0 Å². The minimum absolute atomic E-state index is 0.131. The van der Waals surface area contributed by atoms with Crippen LogP contribution in [0.4, 0.5) is 4.79 Å². The van der Waals surface area contributed by atoms with E-state index in [0.29, 0.717) is 6.54 Å². The summed E-state index contributed by atoms with van der Waals surface area (Å²) in [7, 11) is 0. The zero-order valence-electron chi connectivity index (χ0n) is 20.3. The number of hydrogen-bond acceptors (Lipinski definition) is 5. The molecule has 33 heavy (non-hydrogen) atoms. The van der Waals surface area contributed by atoms with Crippen molar-refractivity contribution in [3.63, 3.8) is 0 Å². The number of carbonyl (C=O) groups excluding carboxylic acids is 2. The van der Waals surface area contributed by atoms with Gasteiger partial charge in [0.2, 0.25) is 0 Å². The molecule has 176 valence electrons. The Morgan fingerprint density at radius 3 is 2.12 bits per heavy atom. The van der Waals surface area contributed by atoms with E-state index < -0.39 is 17.3 Å². The van der Waals surface area contributed by atoms with Gasteiger partial charge >= 0.3 is 12.1 Å². The molecule has 6 heteroatoms. The first-order chi connectivity index (χ1) is 15.4. The van der Waals surface area contributed by atoms with Crippen LogP contribution in [0.15, 0.2) is 60.8 Å². The molecule has 0 bridgehead atoms. The third-order valence-corrected chi connectivity index (χ3v) is 4.89. The van der Waals surface area contributed by atoms with E-state index in [2.05, 4.69) is 5.32 Å². The molecule has 3 rings (SSSR count). The average Bonchev–Trinajstić information content (AvgIpc) is 3.09. The molecule has 1 atom stereocenters. The number of carbonyl (C=O) groups is 2. The fourth-order valence-electron chi connectivity index (χ4n) is 3.62. The van der Waals surface area contributed by atoms with E-state index in [-0.39, 0.29) is 18.4 Å². The zero-order valence-corrected chi connectivity index (χ0v) is 20.3. The Kier molecular flexibility index (Phi) is 7.28. The molecule has 0 amide bonds. The molecule has 0 fully saturated rings. The van der Waals surface area contributed by atoms with Gasteiger partial charge in [-0.15, -0.1) is 0 Å². The zero-order chi connectivity index (χ0) is 24.2. The lowest BCUT2D eigenvalue weighted by Gasteiger charge is -2.23. The van der Waals surface area contributed by atoms with Crippen molar-refractivity contribution in [3.05, 3.63) is 71.9 Å². The molecule has 0 aliphatic heterocycles. The number of rotatable bonds is 6. The van der Waals surface area contributed by atoms with Crippen LogP contribution in [0.5, 0.6) is 0 Å². The standard InChI is InChI=1S/C27H34N2O4/c1-26(2,3)32-24(30)16-22(28-17-19-12-8-7-9-13-19)21-18-29(25(31)33-27(4,5)6)23-15-11-10-14-20(21)23/h7-15,18,22,28H,16-17H2,1-6H3/t22-/m1/s1. The molecule has 0 saturated carbocycles. The molecule has 0 saturated heterocycles. The van der Waals surface area contributed by atoms with Crippen LogP contribution in [-0.4, -0.2) is 27.8 Å². The smallest absolute Gasteiger partial charge is 0.419 e. The summed E-state index contributed by atoms with van der Waals surface area (Å²) in [5.74, 6) is -0.304. The largest absolute Gasteiger partial charge is 0.460 e. The van der Waals surface area contributed by atoms with Crippen LogP contribution < -0.4 is 5.32 Å². The third-order valence-electron chi connectivity index (χ3n) is 4.89. The molecule has 0 radical (unpaired) electrons. The Morgan fingerprint density at radius 2 is 1.48 bits per heavy atom. The summed E-state index contributed by atoms with van der Waals surface area (Å²) >= 11 is 0. The first kappa shape index (κ1) is 24.5. The number of nitrogens with one attached hydrogen (secondary N) is 1. The predicted molar refractivity (Wildman–Crippen MR) is 130 cm³/mol. The maximum atomic E-state index is 12.9. The van der Waals surface area contributed by atoms with Crippen LogP contribution >= 0.6 is 0 Å². The van der Waals surface area contributed by atoms with Gasteiger partial charge in [0.1, 0.15) is 11.2 Å². The molecule has 1 N–H and O–H groups in total. The Labute approximate surface area is 195 Å². The maximum absolute atomic E-state index is 12.9. The summed E-state index contributed by atoms with van der Waals surface area (Å²) in [6, 6.07) is 17.3. The van der Waals surface area contributed by atoms with Gasteiger partial charge in [-0.3, -0.25) is 9.36 Å². The highest BCUT2D eigenvalue weighted by molar-refractivity contribution is 5.92. The molecule has 6 nitrogen and oxygen atoms in total. The summed E-state index contributed by atoms with van der Waals surface area (Å²) in [4.78, 5) is 25.7. The predicted octanol–water partition coefficient (Wildman–Crippen LogP) is 5.99. The monoisotopic (exact) mass is 450 g/mol. The molecule has 2 aromatic carbocycles. The number of hydrogen-bond donors (Lipinski definition) is 1. The van der Waals surface area contributed by atoms with E-state index in [4.69, 9.17) is 9.47 Å². The summed E-state index contributed by atoms with van der Waals surface area (Å²) in [5.41, 5.74) is 1.48. The lowest BCUT2D eigenvalue weighted by atomic mass is 10.0. The number of aromatic nitrogens is 1. The van der Waals surface area contributed by atoms with Gasteiger partial charge in [-0.05, 0) is 58.7 Å². The normalized spacial score (nSPS) is 13.0. The van der Waals surface area contributed by atoms with Gasteiger partial charge in [-0.2, -0.15) is 0 Å². The SMILES string of the molecule is CC(C)(C)OC(=O)C[C@@H](NCc1ccccc1)c1cn(C(=O)OC(C)(C)C)c2ccccc12. The van der Waals surface area contributed by atoms with Crippen molar-refractivity contribution in [2.24, 2.45) is 0 Å². The van der Waals surface area contributed by atoms with Crippen LogP contribution in [0.2, 0.25) is 0 Å². The topological polar surface area (TPSA) is 69.6 Å². The average molecular weight is 451 g/mol. The Balaban J connectivity index is 1.98. The molecule has 0 aliphatic carbocycles. The van der Waals surface area contributed by atoms with E-state index in [9.17, 15) is 9.59 Å². The quantitative estimate of drug-likeness (QED) is 0.467. The first-order valence-electron chi connectivity index (χ1n) is 11.3. The number of nitrogens with zero attached hydrogens (tertiary/aromatic N) is 1. The fourth-order valence-corrected chi connectivity index (χ4v) is 3.62. The van der Waals surface area contributed by atoms with Gasteiger partial charge in [-0.25, -0.2) is 4.79 Å². The molecule has 0 spiro atoms. The summed E-state index contributed by atoms with van der Waals surface area (Å²) in [5, 5.41) is 4.38. The van der Waals surface area contributed by atoms with Crippen molar-refractivity contribution in [1.82, 2.24) is 9.88 Å². The van der Waals surface area contributed by atoms with Crippen molar-refractivity contribution >= 4 is 23.0 Å². The van der Waals surface area contributed by atoms with Gasteiger partial charge in [-0.1, -0.05) is 48.5 Å². The van der Waals surface area contributed by atoms with Gasteiger partial charge < -0.3 is 14.8 Å². The second kappa shape index (κ2) is 9.79. The first-order valence-corrected chi connectivity index (χ1v) is 11.3. The van der Waals surface area contributed by atoms with E-state index in [1.165, 1.54) is 4.57 Å². The molecule has 1 aromatic heterocycles. The number of benzene rings is 2. The number of ether oxygens (including phenoxy) is 2. The second-order valence-corrected chi connectivity index (χ2v) is 10.2. The third kappa shape index (κ3) is 6.93. The summed E-state index contributed by atoms with van der Waals surface area (Å²) < 4.78 is 12.7. The van der Waals surface area contributed by atoms with Gasteiger partial charge in [0.05, 0.1) is 11.9 Å². The van der Waals surface area contributed by atoms with Crippen LogP contribution in [0.25, 0.3) is 10.9 Å². The van der Waals surface area contributed by atoms with Crippen molar-refractivity contribution in [2.45, 2.75) is 71.8 Å². The summed E-state index contributed by atoms with van der Waals surface area (Å²) in [6.07, 6.45) is 1.45. The van der Waals surface area contributed by atoms with Gasteiger partial charge in [0.15, 0.2) is 0 Å². The van der Waals surface area contributed by atoms with Crippen LogP contribution in [0.3, 0.4) is 0 Å². The molecule has 0 aliphatic rings. The molecule has 1 heterocycles. The Morgan fingerprint density at radius 1 is 0.879 bits per heavy atom. The Hall–Kier alpha value is -3.12. The van der Waals surface area contributed by atoms with Crippen molar-refractivity contribution < 1.29 is 19.1 Å². The van der Waals surface area contributed by atoms with E-state index in [0.717, 1.165) is 22.0 Å². The highest BCUT2D eigenvalue weighted by Crippen LogP contribution is 2.30. The minimum Gasteiger partial charge on any atom is -0.460 e.